The quantitative estimate of drug-likeness (QED) is 0.866. The SMILES string of the molecule is O=C(O)c1nncn1C12CC3CC(CC(C3)C1)C2. The summed E-state index contributed by atoms with van der Waals surface area (Å²) in [7, 11) is 0. The van der Waals surface area contributed by atoms with Crippen molar-refractivity contribution < 1.29 is 9.90 Å². The zero-order chi connectivity index (χ0) is 12.3. The topological polar surface area (TPSA) is 68.0 Å². The van der Waals surface area contributed by atoms with Crippen LogP contribution in [0.5, 0.6) is 0 Å². The Balaban J connectivity index is 1.79. The lowest BCUT2D eigenvalue weighted by molar-refractivity contribution is -0.0447. The van der Waals surface area contributed by atoms with Crippen molar-refractivity contribution in [3.05, 3.63) is 12.2 Å². The number of hydrogen-bond acceptors (Lipinski definition) is 3. The molecule has 1 aromatic rings. The standard InChI is InChI=1S/C13H17N3O2/c17-12(18)11-15-14-7-16(11)13-4-8-1-9(5-13)3-10(2-8)6-13/h7-10H,1-6H2,(H,17,18). The lowest BCUT2D eigenvalue weighted by Gasteiger charge is -2.57. The van der Waals surface area contributed by atoms with E-state index < -0.39 is 5.97 Å². The number of carboxylic acid groups (broad SMARTS) is 1. The molecule has 0 aliphatic heterocycles. The first-order valence-corrected chi connectivity index (χ1v) is 6.80. The van der Waals surface area contributed by atoms with Crippen LogP contribution in [0.3, 0.4) is 0 Å². The fourth-order valence-corrected chi connectivity index (χ4v) is 5.09. The Morgan fingerprint density at radius 2 is 1.78 bits per heavy atom. The lowest BCUT2D eigenvalue weighted by atomic mass is 9.53. The number of aromatic nitrogens is 3. The van der Waals surface area contributed by atoms with Gasteiger partial charge < -0.3 is 9.67 Å². The average Bonchev–Trinajstić information content (AvgIpc) is 2.76. The highest BCUT2D eigenvalue weighted by atomic mass is 16.4. The lowest BCUT2D eigenvalue weighted by Crippen LogP contribution is -2.52. The van der Waals surface area contributed by atoms with Crippen LogP contribution < -0.4 is 0 Å². The van der Waals surface area contributed by atoms with Gasteiger partial charge in [0.05, 0.1) is 0 Å². The molecule has 1 heterocycles. The largest absolute Gasteiger partial charge is 0.475 e. The molecule has 4 bridgehead atoms. The van der Waals surface area contributed by atoms with E-state index in [0.717, 1.165) is 37.0 Å². The summed E-state index contributed by atoms with van der Waals surface area (Å²) in [4.78, 5) is 11.3. The number of aromatic carboxylic acids is 1. The molecule has 96 valence electrons. The molecule has 4 aliphatic rings. The molecule has 5 rings (SSSR count). The third-order valence-electron chi connectivity index (χ3n) is 5.26. The summed E-state index contributed by atoms with van der Waals surface area (Å²) in [6.45, 7) is 0. The molecular weight excluding hydrogens is 230 g/mol. The van der Waals surface area contributed by atoms with Crippen LogP contribution in [0.2, 0.25) is 0 Å². The Morgan fingerprint density at radius 3 is 2.28 bits per heavy atom. The van der Waals surface area contributed by atoms with Crippen molar-refractivity contribution in [3.63, 3.8) is 0 Å². The summed E-state index contributed by atoms with van der Waals surface area (Å²) in [6.07, 6.45) is 9.06. The summed E-state index contributed by atoms with van der Waals surface area (Å²) in [6, 6.07) is 0. The van der Waals surface area contributed by atoms with Crippen molar-refractivity contribution in [3.8, 4) is 0 Å². The molecule has 0 spiro atoms. The predicted molar refractivity (Wildman–Crippen MR) is 63.1 cm³/mol. The van der Waals surface area contributed by atoms with Crippen molar-refractivity contribution in [2.24, 2.45) is 17.8 Å². The maximum atomic E-state index is 11.3. The zero-order valence-electron chi connectivity index (χ0n) is 10.2. The van der Waals surface area contributed by atoms with Gasteiger partial charge in [-0.2, -0.15) is 0 Å². The van der Waals surface area contributed by atoms with Crippen LogP contribution in [0.15, 0.2) is 6.33 Å². The molecule has 4 aliphatic carbocycles. The zero-order valence-corrected chi connectivity index (χ0v) is 10.2. The molecule has 0 amide bonds. The summed E-state index contributed by atoms with van der Waals surface area (Å²) in [5, 5.41) is 16.9. The second-order valence-corrected chi connectivity index (χ2v) is 6.47. The highest BCUT2D eigenvalue weighted by Crippen LogP contribution is 2.58. The van der Waals surface area contributed by atoms with Crippen molar-refractivity contribution >= 4 is 5.97 Å². The summed E-state index contributed by atoms with van der Waals surface area (Å²) < 4.78 is 1.87. The third kappa shape index (κ3) is 1.30. The molecule has 1 N–H and O–H groups in total. The molecule has 18 heavy (non-hydrogen) atoms. The smallest absolute Gasteiger partial charge is 0.374 e. The predicted octanol–water partition coefficient (Wildman–Crippen LogP) is 1.90. The van der Waals surface area contributed by atoms with Crippen LogP contribution in [-0.2, 0) is 5.54 Å². The minimum Gasteiger partial charge on any atom is -0.475 e. The van der Waals surface area contributed by atoms with Crippen LogP contribution in [-0.4, -0.2) is 25.8 Å². The number of rotatable bonds is 2. The molecule has 5 nitrogen and oxygen atoms in total. The van der Waals surface area contributed by atoms with Crippen molar-refractivity contribution in [2.75, 3.05) is 0 Å². The fourth-order valence-electron chi connectivity index (χ4n) is 5.09. The molecule has 5 heteroatoms. The third-order valence-corrected chi connectivity index (χ3v) is 5.26. The van der Waals surface area contributed by atoms with Crippen molar-refractivity contribution in [1.29, 1.82) is 0 Å². The van der Waals surface area contributed by atoms with Gasteiger partial charge in [0.15, 0.2) is 0 Å². The Kier molecular flexibility index (Phi) is 1.95. The number of nitrogens with zero attached hydrogens (tertiary/aromatic N) is 3. The summed E-state index contributed by atoms with van der Waals surface area (Å²) >= 11 is 0. The molecule has 0 unspecified atom stereocenters. The Hall–Kier alpha value is -1.39. The second kappa shape index (κ2) is 3.33. The van der Waals surface area contributed by atoms with E-state index in [-0.39, 0.29) is 11.4 Å². The van der Waals surface area contributed by atoms with Crippen LogP contribution in [0.1, 0.15) is 49.1 Å². The normalized spacial score (nSPS) is 41.2. The Bertz CT molecular complexity index is 473. The van der Waals surface area contributed by atoms with E-state index in [4.69, 9.17) is 0 Å². The number of carbonyl (C=O) groups is 1. The van der Waals surface area contributed by atoms with Crippen LogP contribution in [0.25, 0.3) is 0 Å². The number of hydrogen-bond donors (Lipinski definition) is 1. The fraction of sp³-hybridized carbons (Fsp3) is 0.769. The average molecular weight is 247 g/mol. The van der Waals surface area contributed by atoms with Gasteiger partial charge in [0, 0.05) is 5.54 Å². The summed E-state index contributed by atoms with van der Waals surface area (Å²) in [5.74, 6) is 1.54. The van der Waals surface area contributed by atoms with Gasteiger partial charge in [-0.15, -0.1) is 10.2 Å². The van der Waals surface area contributed by atoms with E-state index in [1.807, 2.05) is 4.57 Å². The van der Waals surface area contributed by atoms with E-state index in [9.17, 15) is 9.90 Å². The highest BCUT2D eigenvalue weighted by molar-refractivity contribution is 5.83. The minimum absolute atomic E-state index is 0.00593. The van der Waals surface area contributed by atoms with E-state index in [2.05, 4.69) is 10.2 Å². The van der Waals surface area contributed by atoms with E-state index in [0.29, 0.717) is 0 Å². The first-order chi connectivity index (χ1) is 8.66. The maximum absolute atomic E-state index is 11.3. The molecule has 1 aromatic heterocycles. The first-order valence-electron chi connectivity index (χ1n) is 6.80. The summed E-state index contributed by atoms with van der Waals surface area (Å²) in [5.41, 5.74) is 0.00593. The van der Waals surface area contributed by atoms with Gasteiger partial charge >= 0.3 is 5.97 Å². The van der Waals surface area contributed by atoms with Gasteiger partial charge in [0.25, 0.3) is 0 Å². The van der Waals surface area contributed by atoms with Crippen LogP contribution in [0, 0.1) is 17.8 Å². The van der Waals surface area contributed by atoms with Crippen LogP contribution in [0.4, 0.5) is 0 Å². The molecule has 0 saturated heterocycles. The Morgan fingerprint density at radius 1 is 1.22 bits per heavy atom. The molecular formula is C13H17N3O2. The van der Waals surface area contributed by atoms with Gasteiger partial charge in [-0.05, 0) is 56.3 Å². The highest BCUT2D eigenvalue weighted by Gasteiger charge is 2.52. The second-order valence-electron chi connectivity index (χ2n) is 6.47. The monoisotopic (exact) mass is 247 g/mol. The van der Waals surface area contributed by atoms with Gasteiger partial charge in [-0.25, -0.2) is 4.79 Å². The first kappa shape index (κ1) is 10.5. The maximum Gasteiger partial charge on any atom is 0.374 e. The van der Waals surface area contributed by atoms with E-state index >= 15 is 0 Å². The van der Waals surface area contributed by atoms with E-state index in [1.54, 1.807) is 6.33 Å². The van der Waals surface area contributed by atoms with E-state index in [1.165, 1.54) is 19.3 Å². The Labute approximate surface area is 105 Å². The van der Waals surface area contributed by atoms with Crippen molar-refractivity contribution in [2.45, 2.75) is 44.1 Å². The van der Waals surface area contributed by atoms with Gasteiger partial charge in [0.1, 0.15) is 6.33 Å². The van der Waals surface area contributed by atoms with Gasteiger partial charge in [0.2, 0.25) is 5.82 Å². The molecule has 0 aromatic carbocycles. The molecule has 4 fully saturated rings. The molecule has 0 radical (unpaired) electrons. The van der Waals surface area contributed by atoms with Crippen molar-refractivity contribution in [1.82, 2.24) is 14.8 Å². The van der Waals surface area contributed by atoms with Crippen LogP contribution >= 0.6 is 0 Å². The van der Waals surface area contributed by atoms with Gasteiger partial charge in [-0.1, -0.05) is 0 Å². The van der Waals surface area contributed by atoms with Gasteiger partial charge in [-0.3, -0.25) is 0 Å². The minimum atomic E-state index is -0.955. The molecule has 4 saturated carbocycles. The molecule has 0 atom stereocenters. The number of carboxylic acids is 1.